The van der Waals surface area contributed by atoms with Gasteiger partial charge < -0.3 is 5.32 Å². The van der Waals surface area contributed by atoms with Crippen LogP contribution < -0.4 is 5.32 Å². The highest BCUT2D eigenvalue weighted by molar-refractivity contribution is 7.92. The predicted octanol–water partition coefficient (Wildman–Crippen LogP) is 3.90. The lowest BCUT2D eigenvalue weighted by atomic mass is 10.1. The average Bonchev–Trinajstić information content (AvgIpc) is 2.52. The molecule has 0 bridgehead atoms. The van der Waals surface area contributed by atoms with Gasteiger partial charge in [0.05, 0.1) is 4.90 Å². The molecule has 0 heterocycles. The van der Waals surface area contributed by atoms with E-state index in [0.29, 0.717) is 0 Å². The molecule has 2 aromatic rings. The zero-order valence-corrected chi connectivity index (χ0v) is 15.6. The van der Waals surface area contributed by atoms with Gasteiger partial charge in [0.2, 0.25) is 13.6 Å². The summed E-state index contributed by atoms with van der Waals surface area (Å²) < 4.78 is 23.2. The van der Waals surface area contributed by atoms with Crippen molar-refractivity contribution in [2.75, 3.05) is 0 Å². The van der Waals surface area contributed by atoms with Gasteiger partial charge in [-0.2, -0.15) is 0 Å². The van der Waals surface area contributed by atoms with Gasteiger partial charge in [-0.05, 0) is 31.2 Å². The molecule has 0 aliphatic rings. The summed E-state index contributed by atoms with van der Waals surface area (Å²) in [5, 5.41) is 0.578. The van der Waals surface area contributed by atoms with Crippen LogP contribution in [-0.4, -0.2) is 23.5 Å². The second kappa shape index (κ2) is 7.31. The van der Waals surface area contributed by atoms with Crippen LogP contribution >= 0.6 is 34.8 Å². The Morgan fingerprint density at radius 3 is 2.04 bits per heavy atom. The van der Waals surface area contributed by atoms with E-state index in [4.69, 9.17) is 34.8 Å². The zero-order chi connectivity index (χ0) is 18.0. The lowest BCUT2D eigenvalue weighted by Gasteiger charge is -2.25. The van der Waals surface area contributed by atoms with E-state index in [1.807, 2.05) is 6.92 Å². The van der Waals surface area contributed by atoms with Crippen molar-refractivity contribution in [2.45, 2.75) is 21.0 Å². The number of hydrogen-bond acceptors (Lipinski definition) is 3. The molecule has 0 aliphatic heterocycles. The van der Waals surface area contributed by atoms with Gasteiger partial charge in [-0.25, -0.2) is 8.42 Å². The van der Waals surface area contributed by atoms with E-state index in [0.717, 1.165) is 5.56 Å². The van der Waals surface area contributed by atoms with E-state index >= 15 is 0 Å². The van der Waals surface area contributed by atoms with E-state index in [1.165, 1.54) is 12.1 Å². The first kappa shape index (κ1) is 19.1. The van der Waals surface area contributed by atoms with Crippen LogP contribution in [0, 0.1) is 6.92 Å². The van der Waals surface area contributed by atoms with E-state index in [9.17, 15) is 13.2 Å². The van der Waals surface area contributed by atoms with Crippen molar-refractivity contribution in [3.8, 4) is 0 Å². The Labute approximate surface area is 155 Å². The van der Waals surface area contributed by atoms with E-state index in [1.54, 1.807) is 42.5 Å². The SMILES string of the molecule is Cc1ccc(C(=O)NC(C(Cl)(Cl)Cl)S(=O)(=O)c2ccccc2)cc1. The van der Waals surface area contributed by atoms with Gasteiger partial charge in [-0.1, -0.05) is 70.7 Å². The third-order valence-electron chi connectivity index (χ3n) is 3.26. The Hall–Kier alpha value is -1.27. The summed E-state index contributed by atoms with van der Waals surface area (Å²) in [5.74, 6) is -0.647. The van der Waals surface area contributed by atoms with Gasteiger partial charge in [0.25, 0.3) is 5.91 Å². The molecule has 0 saturated carbocycles. The molecule has 0 aromatic heterocycles. The first-order valence-electron chi connectivity index (χ1n) is 6.85. The summed E-state index contributed by atoms with van der Waals surface area (Å²) in [4.78, 5) is 12.3. The molecule has 4 nitrogen and oxygen atoms in total. The number of benzene rings is 2. The smallest absolute Gasteiger partial charge is 0.252 e. The number of nitrogens with one attached hydrogen (secondary N) is 1. The highest BCUT2D eigenvalue weighted by Crippen LogP contribution is 2.35. The van der Waals surface area contributed by atoms with Crippen molar-refractivity contribution in [1.29, 1.82) is 0 Å². The standard InChI is InChI=1S/C16H14Cl3NO3S/c1-11-7-9-12(10-8-11)14(21)20-15(16(17,18)19)24(22,23)13-5-3-2-4-6-13/h2-10,15H,1H3,(H,20,21). The molecule has 0 radical (unpaired) electrons. The van der Waals surface area contributed by atoms with Crippen molar-refractivity contribution in [3.63, 3.8) is 0 Å². The van der Waals surface area contributed by atoms with Crippen LogP contribution in [0.15, 0.2) is 59.5 Å². The Morgan fingerprint density at radius 2 is 1.54 bits per heavy atom. The number of aryl methyl sites for hydroxylation is 1. The highest BCUT2D eigenvalue weighted by atomic mass is 35.6. The molecule has 8 heteroatoms. The largest absolute Gasteiger partial charge is 0.332 e. The molecule has 1 amide bonds. The summed E-state index contributed by atoms with van der Waals surface area (Å²) in [6, 6.07) is 14.1. The number of hydrogen-bond donors (Lipinski definition) is 1. The fourth-order valence-corrected chi connectivity index (χ4v) is 4.63. The quantitative estimate of drug-likeness (QED) is 0.783. The summed E-state index contributed by atoms with van der Waals surface area (Å²) >= 11 is 17.5. The minimum atomic E-state index is -4.10. The number of rotatable bonds is 4. The first-order valence-corrected chi connectivity index (χ1v) is 9.53. The first-order chi connectivity index (χ1) is 11.1. The molecule has 2 rings (SSSR count). The lowest BCUT2D eigenvalue weighted by molar-refractivity contribution is 0.0948. The number of alkyl halides is 3. The molecule has 0 aliphatic carbocycles. The molecule has 128 valence electrons. The van der Waals surface area contributed by atoms with Crippen LogP contribution in [0.1, 0.15) is 15.9 Å². The molecule has 2 aromatic carbocycles. The minimum Gasteiger partial charge on any atom is -0.332 e. The molecule has 0 spiro atoms. The molecule has 1 unspecified atom stereocenters. The second-order valence-electron chi connectivity index (χ2n) is 5.12. The number of halogens is 3. The number of amides is 1. The maximum Gasteiger partial charge on any atom is 0.252 e. The van der Waals surface area contributed by atoms with Gasteiger partial charge in [0.15, 0.2) is 5.37 Å². The van der Waals surface area contributed by atoms with Gasteiger partial charge in [0, 0.05) is 5.56 Å². The summed E-state index contributed by atoms with van der Waals surface area (Å²) in [6.07, 6.45) is 0. The van der Waals surface area contributed by atoms with Crippen LogP contribution in [-0.2, 0) is 9.84 Å². The van der Waals surface area contributed by atoms with Crippen molar-refractivity contribution in [2.24, 2.45) is 0 Å². The fraction of sp³-hybridized carbons (Fsp3) is 0.188. The topological polar surface area (TPSA) is 63.2 Å². The maximum absolute atomic E-state index is 12.7. The molecule has 1 atom stereocenters. The van der Waals surface area contributed by atoms with Crippen molar-refractivity contribution in [1.82, 2.24) is 5.32 Å². The van der Waals surface area contributed by atoms with Crippen LogP contribution in [0.2, 0.25) is 0 Å². The van der Waals surface area contributed by atoms with Crippen molar-refractivity contribution < 1.29 is 13.2 Å². The normalized spacial score (nSPS) is 13.3. The molecule has 1 N–H and O–H groups in total. The maximum atomic E-state index is 12.7. The minimum absolute atomic E-state index is 0.0504. The Morgan fingerprint density at radius 1 is 1.00 bits per heavy atom. The summed E-state index contributed by atoms with van der Waals surface area (Å²) in [5.41, 5.74) is 1.23. The Balaban J connectivity index is 2.37. The van der Waals surface area contributed by atoms with E-state index in [2.05, 4.69) is 5.32 Å². The molecule has 24 heavy (non-hydrogen) atoms. The monoisotopic (exact) mass is 405 g/mol. The highest BCUT2D eigenvalue weighted by Gasteiger charge is 2.44. The Kier molecular flexibility index (Phi) is 5.81. The van der Waals surface area contributed by atoms with Gasteiger partial charge in [-0.15, -0.1) is 0 Å². The molecular formula is C16H14Cl3NO3S. The van der Waals surface area contributed by atoms with Crippen LogP contribution in [0.5, 0.6) is 0 Å². The molecule has 0 saturated heterocycles. The van der Waals surface area contributed by atoms with E-state index < -0.39 is 24.9 Å². The van der Waals surface area contributed by atoms with E-state index in [-0.39, 0.29) is 10.5 Å². The number of sulfone groups is 1. The predicted molar refractivity (Wildman–Crippen MR) is 96.4 cm³/mol. The van der Waals surface area contributed by atoms with Crippen molar-refractivity contribution >= 4 is 50.5 Å². The molecule has 0 fully saturated rings. The average molecular weight is 407 g/mol. The van der Waals surface area contributed by atoms with Gasteiger partial charge in [-0.3, -0.25) is 4.79 Å². The van der Waals surface area contributed by atoms with Gasteiger partial charge in [0.1, 0.15) is 0 Å². The summed E-state index contributed by atoms with van der Waals surface area (Å²) in [6.45, 7) is 1.87. The van der Waals surface area contributed by atoms with Crippen LogP contribution in [0.4, 0.5) is 0 Å². The van der Waals surface area contributed by atoms with Crippen LogP contribution in [0.25, 0.3) is 0 Å². The van der Waals surface area contributed by atoms with Gasteiger partial charge >= 0.3 is 0 Å². The third-order valence-corrected chi connectivity index (χ3v) is 6.32. The Bertz CT molecular complexity index is 816. The number of carbonyl (C=O) groups excluding carboxylic acids is 1. The lowest BCUT2D eigenvalue weighted by Crippen LogP contribution is -2.49. The summed E-state index contributed by atoms with van der Waals surface area (Å²) in [7, 11) is -4.10. The van der Waals surface area contributed by atoms with Crippen LogP contribution in [0.3, 0.4) is 0 Å². The molecular weight excluding hydrogens is 393 g/mol. The zero-order valence-electron chi connectivity index (χ0n) is 12.5. The third kappa shape index (κ3) is 4.42. The van der Waals surface area contributed by atoms with Crippen molar-refractivity contribution in [3.05, 3.63) is 65.7 Å². The second-order valence-corrected chi connectivity index (χ2v) is 9.52. The fourth-order valence-electron chi connectivity index (χ4n) is 1.99. The number of carbonyl (C=O) groups is 1.